The predicted octanol–water partition coefficient (Wildman–Crippen LogP) is 3.43. The summed E-state index contributed by atoms with van der Waals surface area (Å²) in [6.45, 7) is 0.560. The van der Waals surface area contributed by atoms with Gasteiger partial charge in [-0.2, -0.15) is 0 Å². The first kappa shape index (κ1) is 16.9. The Morgan fingerprint density at radius 3 is 2.67 bits per heavy atom. The second kappa shape index (κ2) is 6.99. The molecule has 3 aromatic carbocycles. The molecule has 0 spiro atoms. The molecule has 1 aliphatic heterocycles. The smallest absolute Gasteiger partial charge is 0.405 e. The van der Waals surface area contributed by atoms with E-state index in [2.05, 4.69) is 10.6 Å². The molecule has 1 aliphatic rings. The van der Waals surface area contributed by atoms with Gasteiger partial charge in [0.1, 0.15) is 6.04 Å². The van der Waals surface area contributed by atoms with Crippen LogP contribution >= 0.6 is 0 Å². The maximum absolute atomic E-state index is 13.1. The lowest BCUT2D eigenvalue weighted by Gasteiger charge is -2.25. The number of hydrogen-bond donors (Lipinski definition) is 3. The number of anilines is 2. The van der Waals surface area contributed by atoms with Crippen molar-refractivity contribution in [1.29, 1.82) is 0 Å². The molecule has 2 amide bonds. The Labute approximate surface area is 156 Å². The lowest BCUT2D eigenvalue weighted by Crippen LogP contribution is -2.50. The number of carboxylic acid groups (broad SMARTS) is 1. The monoisotopic (exact) mass is 361 g/mol. The first-order chi connectivity index (χ1) is 13.1. The first-order valence-corrected chi connectivity index (χ1v) is 8.74. The van der Waals surface area contributed by atoms with Crippen LogP contribution in [0.3, 0.4) is 0 Å². The first-order valence-electron chi connectivity index (χ1n) is 8.74. The molecule has 0 saturated carbocycles. The van der Waals surface area contributed by atoms with Crippen molar-refractivity contribution < 1.29 is 14.7 Å². The van der Waals surface area contributed by atoms with Crippen molar-refractivity contribution in [3.8, 4) is 0 Å². The van der Waals surface area contributed by atoms with Gasteiger partial charge in [0, 0.05) is 6.54 Å². The van der Waals surface area contributed by atoms with Gasteiger partial charge >= 0.3 is 6.09 Å². The molecule has 4 rings (SSSR count). The van der Waals surface area contributed by atoms with E-state index in [0.717, 1.165) is 27.7 Å². The Morgan fingerprint density at radius 2 is 1.81 bits per heavy atom. The van der Waals surface area contributed by atoms with Crippen LogP contribution in [0.1, 0.15) is 5.56 Å². The van der Waals surface area contributed by atoms with Crippen molar-refractivity contribution >= 4 is 34.1 Å². The van der Waals surface area contributed by atoms with E-state index in [1.165, 1.54) is 0 Å². The van der Waals surface area contributed by atoms with E-state index in [4.69, 9.17) is 5.11 Å². The van der Waals surface area contributed by atoms with Crippen LogP contribution in [0, 0.1) is 0 Å². The molecule has 0 aromatic heterocycles. The van der Waals surface area contributed by atoms with E-state index in [1.807, 2.05) is 66.7 Å². The summed E-state index contributed by atoms with van der Waals surface area (Å²) in [6, 6.07) is 20.7. The Balaban J connectivity index is 1.77. The summed E-state index contributed by atoms with van der Waals surface area (Å²) < 4.78 is 0. The highest BCUT2D eigenvalue weighted by atomic mass is 16.4. The second-order valence-electron chi connectivity index (χ2n) is 6.46. The third kappa shape index (κ3) is 3.29. The maximum Gasteiger partial charge on any atom is 0.405 e. The number of benzene rings is 3. The molecular weight excluding hydrogens is 342 g/mol. The van der Waals surface area contributed by atoms with Gasteiger partial charge in [-0.15, -0.1) is 0 Å². The zero-order chi connectivity index (χ0) is 18.8. The lowest BCUT2D eigenvalue weighted by atomic mass is 10.0. The molecule has 0 fully saturated rings. The minimum absolute atomic E-state index is 0.203. The third-order valence-electron chi connectivity index (χ3n) is 4.76. The fraction of sp³-hybridized carbons (Fsp3) is 0.143. The molecule has 0 unspecified atom stereocenters. The SMILES string of the molecule is O=C(O)N[C@H]1CNc2ccccc2N(Cc2cccc3ccccc23)C1=O. The highest BCUT2D eigenvalue weighted by Crippen LogP contribution is 2.31. The zero-order valence-corrected chi connectivity index (χ0v) is 14.6. The molecule has 0 aliphatic carbocycles. The summed E-state index contributed by atoms with van der Waals surface area (Å²) >= 11 is 0. The van der Waals surface area contributed by atoms with Gasteiger partial charge in [-0.3, -0.25) is 4.79 Å². The van der Waals surface area contributed by atoms with Crippen molar-refractivity contribution in [1.82, 2.24) is 5.32 Å². The molecule has 1 atom stereocenters. The van der Waals surface area contributed by atoms with E-state index in [9.17, 15) is 9.59 Å². The summed E-state index contributed by atoms with van der Waals surface area (Å²) in [7, 11) is 0. The Morgan fingerprint density at radius 1 is 1.07 bits per heavy atom. The number of rotatable bonds is 3. The highest BCUT2D eigenvalue weighted by molar-refractivity contribution is 6.03. The Kier molecular flexibility index (Phi) is 4.38. The van der Waals surface area contributed by atoms with Gasteiger partial charge in [-0.05, 0) is 28.5 Å². The average molecular weight is 361 g/mol. The number of carbonyl (C=O) groups excluding carboxylic acids is 1. The van der Waals surface area contributed by atoms with E-state index in [0.29, 0.717) is 6.54 Å². The van der Waals surface area contributed by atoms with Crippen molar-refractivity contribution in [2.24, 2.45) is 0 Å². The summed E-state index contributed by atoms with van der Waals surface area (Å²) in [4.78, 5) is 25.9. The van der Waals surface area contributed by atoms with Gasteiger partial charge in [0.05, 0.1) is 17.9 Å². The van der Waals surface area contributed by atoms with Crippen LogP contribution in [0.5, 0.6) is 0 Å². The fourth-order valence-electron chi connectivity index (χ4n) is 3.49. The molecule has 3 N–H and O–H groups in total. The molecule has 0 bridgehead atoms. The normalized spacial score (nSPS) is 16.4. The second-order valence-corrected chi connectivity index (χ2v) is 6.46. The topological polar surface area (TPSA) is 81.7 Å². The van der Waals surface area contributed by atoms with Gasteiger partial charge in [0.15, 0.2) is 0 Å². The number of carbonyl (C=O) groups is 2. The molecule has 6 nitrogen and oxygen atoms in total. The summed E-state index contributed by atoms with van der Waals surface area (Å²) in [6.07, 6.45) is -1.22. The molecule has 0 saturated heterocycles. The fourth-order valence-corrected chi connectivity index (χ4v) is 3.49. The standard InChI is InChI=1S/C21H19N3O3/c25-20-18(23-21(26)27)12-22-17-10-3-4-11-19(17)24(20)13-15-8-5-7-14-6-1-2-9-16(14)15/h1-11,18,22-23H,12-13H2,(H,26,27)/t18-/m0/s1. The summed E-state index contributed by atoms with van der Waals surface area (Å²) in [5.74, 6) is -0.275. The largest absolute Gasteiger partial charge is 0.465 e. The van der Waals surface area contributed by atoms with Gasteiger partial charge in [-0.25, -0.2) is 4.79 Å². The number of para-hydroxylation sites is 2. The van der Waals surface area contributed by atoms with Crippen LogP contribution in [-0.2, 0) is 11.3 Å². The molecular formula is C21H19N3O3. The van der Waals surface area contributed by atoms with Gasteiger partial charge in [-0.1, -0.05) is 54.6 Å². The zero-order valence-electron chi connectivity index (χ0n) is 14.6. The minimum Gasteiger partial charge on any atom is -0.465 e. The van der Waals surface area contributed by atoms with Gasteiger partial charge in [0.2, 0.25) is 0 Å². The lowest BCUT2D eigenvalue weighted by molar-refractivity contribution is -0.120. The average Bonchev–Trinajstić information content (AvgIpc) is 2.80. The molecule has 3 aromatic rings. The van der Waals surface area contributed by atoms with Crippen LogP contribution in [0.2, 0.25) is 0 Å². The highest BCUT2D eigenvalue weighted by Gasteiger charge is 2.31. The summed E-state index contributed by atoms with van der Waals surface area (Å²) in [5.41, 5.74) is 2.55. The maximum atomic E-state index is 13.1. The quantitative estimate of drug-likeness (QED) is 0.667. The molecule has 27 heavy (non-hydrogen) atoms. The van der Waals surface area contributed by atoms with E-state index in [-0.39, 0.29) is 12.5 Å². The molecule has 0 radical (unpaired) electrons. The summed E-state index contributed by atoms with van der Waals surface area (Å²) in [5, 5.41) is 16.8. The van der Waals surface area contributed by atoms with Crippen molar-refractivity contribution in [2.45, 2.75) is 12.6 Å². The predicted molar refractivity (Wildman–Crippen MR) is 105 cm³/mol. The van der Waals surface area contributed by atoms with Gasteiger partial charge < -0.3 is 20.6 Å². The van der Waals surface area contributed by atoms with Crippen LogP contribution < -0.4 is 15.5 Å². The van der Waals surface area contributed by atoms with Crippen LogP contribution in [0.25, 0.3) is 10.8 Å². The number of fused-ring (bicyclic) bond motifs is 2. The Bertz CT molecular complexity index is 1010. The van der Waals surface area contributed by atoms with Crippen LogP contribution in [0.4, 0.5) is 16.2 Å². The van der Waals surface area contributed by atoms with E-state index >= 15 is 0 Å². The Hall–Kier alpha value is -3.54. The molecule has 1 heterocycles. The number of amides is 2. The van der Waals surface area contributed by atoms with Crippen molar-refractivity contribution in [3.63, 3.8) is 0 Å². The third-order valence-corrected chi connectivity index (χ3v) is 4.76. The molecule has 6 heteroatoms. The van der Waals surface area contributed by atoms with Gasteiger partial charge in [0.25, 0.3) is 5.91 Å². The van der Waals surface area contributed by atoms with Crippen molar-refractivity contribution in [2.75, 3.05) is 16.8 Å². The minimum atomic E-state index is -1.22. The van der Waals surface area contributed by atoms with Crippen molar-refractivity contribution in [3.05, 3.63) is 72.3 Å². The number of nitrogens with one attached hydrogen (secondary N) is 2. The number of hydrogen-bond acceptors (Lipinski definition) is 3. The number of nitrogens with zero attached hydrogens (tertiary/aromatic N) is 1. The van der Waals surface area contributed by atoms with Crippen LogP contribution in [0.15, 0.2) is 66.7 Å². The van der Waals surface area contributed by atoms with E-state index < -0.39 is 12.1 Å². The van der Waals surface area contributed by atoms with E-state index in [1.54, 1.807) is 4.90 Å². The molecule has 136 valence electrons. The van der Waals surface area contributed by atoms with Crippen LogP contribution in [-0.4, -0.2) is 29.7 Å².